The van der Waals surface area contributed by atoms with Crippen LogP contribution in [0.4, 0.5) is 0 Å². The molecule has 1 aromatic carbocycles. The fraction of sp³-hybridized carbons (Fsp3) is 0.400. The van der Waals surface area contributed by atoms with E-state index >= 15 is 0 Å². The first kappa shape index (κ1) is 7.47. The first-order chi connectivity index (χ1) is 5.97. The molecular formula is C10H11N2. The minimum Gasteiger partial charge on any atom is -0.194 e. The van der Waals surface area contributed by atoms with Crippen LogP contribution in [0.15, 0.2) is 34.5 Å². The van der Waals surface area contributed by atoms with Gasteiger partial charge >= 0.3 is 0 Å². The smallest absolute Gasteiger partial charge is 0.0964 e. The van der Waals surface area contributed by atoms with Gasteiger partial charge in [-0.3, -0.25) is 0 Å². The van der Waals surface area contributed by atoms with Gasteiger partial charge in [-0.25, -0.2) is 0 Å². The lowest BCUT2D eigenvalue weighted by atomic mass is 10.0. The van der Waals surface area contributed by atoms with Crippen molar-refractivity contribution < 1.29 is 0 Å². The average molecular weight is 159 g/mol. The van der Waals surface area contributed by atoms with E-state index in [2.05, 4.69) is 22.4 Å². The summed E-state index contributed by atoms with van der Waals surface area (Å²) in [6.07, 6.45) is 2.26. The fourth-order valence-electron chi connectivity index (χ4n) is 1.40. The molecule has 0 saturated heterocycles. The quantitative estimate of drug-likeness (QED) is 0.602. The zero-order chi connectivity index (χ0) is 8.23. The molecule has 61 valence electrons. The van der Waals surface area contributed by atoms with Gasteiger partial charge in [0.1, 0.15) is 0 Å². The van der Waals surface area contributed by atoms with Gasteiger partial charge in [0.15, 0.2) is 0 Å². The van der Waals surface area contributed by atoms with Crippen LogP contribution in [0.3, 0.4) is 0 Å². The van der Waals surface area contributed by atoms with E-state index in [-0.39, 0.29) is 6.04 Å². The highest BCUT2D eigenvalue weighted by molar-refractivity contribution is 5.17. The van der Waals surface area contributed by atoms with Gasteiger partial charge in [0.25, 0.3) is 0 Å². The van der Waals surface area contributed by atoms with E-state index in [1.54, 1.807) is 0 Å². The molecule has 1 atom stereocenters. The molecule has 1 aliphatic rings. The summed E-state index contributed by atoms with van der Waals surface area (Å²) in [6, 6.07) is 11.4. The Morgan fingerprint density at radius 2 is 2.42 bits per heavy atom. The van der Waals surface area contributed by atoms with Gasteiger partial charge in [-0.05, 0) is 24.5 Å². The van der Waals surface area contributed by atoms with Crippen molar-refractivity contribution in [2.45, 2.75) is 18.9 Å². The van der Waals surface area contributed by atoms with E-state index < -0.39 is 0 Å². The lowest BCUT2D eigenvalue weighted by Gasteiger charge is -2.13. The predicted molar refractivity (Wildman–Crippen MR) is 47.0 cm³/mol. The van der Waals surface area contributed by atoms with Crippen molar-refractivity contribution in [1.29, 1.82) is 0 Å². The minimum atomic E-state index is 0.264. The summed E-state index contributed by atoms with van der Waals surface area (Å²) in [5.74, 6) is 0. The summed E-state index contributed by atoms with van der Waals surface area (Å²) in [4.78, 5) is 0. The molecule has 0 spiro atoms. The molecule has 1 heterocycles. The van der Waals surface area contributed by atoms with Crippen molar-refractivity contribution in [3.63, 3.8) is 0 Å². The van der Waals surface area contributed by atoms with Crippen LogP contribution >= 0.6 is 0 Å². The number of azo groups is 1. The molecule has 0 aromatic heterocycles. The zero-order valence-corrected chi connectivity index (χ0v) is 6.90. The summed E-state index contributed by atoms with van der Waals surface area (Å²) in [6.45, 7) is 0.892. The molecule has 1 radical (unpaired) electrons. The van der Waals surface area contributed by atoms with Crippen molar-refractivity contribution in [1.82, 2.24) is 0 Å². The van der Waals surface area contributed by atoms with E-state index in [9.17, 15) is 0 Å². The Balaban J connectivity index is 2.19. The van der Waals surface area contributed by atoms with Crippen molar-refractivity contribution in [2.75, 3.05) is 6.54 Å². The molecule has 0 aliphatic carbocycles. The number of nitrogens with zero attached hydrogens (tertiary/aromatic N) is 2. The van der Waals surface area contributed by atoms with Crippen molar-refractivity contribution in [3.05, 3.63) is 35.9 Å². The molecule has 0 fully saturated rings. The van der Waals surface area contributed by atoms with E-state index in [4.69, 9.17) is 0 Å². The Bertz CT molecular complexity index is 266. The monoisotopic (exact) mass is 159 g/mol. The number of hydrogen-bond acceptors (Lipinski definition) is 2. The maximum absolute atomic E-state index is 4.19. The van der Waals surface area contributed by atoms with Gasteiger partial charge in [-0.2, -0.15) is 10.2 Å². The third-order valence-electron chi connectivity index (χ3n) is 2.05. The van der Waals surface area contributed by atoms with Gasteiger partial charge in [0.05, 0.1) is 12.6 Å². The molecular weight excluding hydrogens is 148 g/mol. The average Bonchev–Trinajstić information content (AvgIpc) is 2.21. The van der Waals surface area contributed by atoms with Crippen molar-refractivity contribution in [3.8, 4) is 0 Å². The topological polar surface area (TPSA) is 24.7 Å². The number of benzene rings is 1. The molecule has 1 aromatic rings. The van der Waals surface area contributed by atoms with E-state index in [0.29, 0.717) is 0 Å². The fourth-order valence-corrected chi connectivity index (χ4v) is 1.40. The van der Waals surface area contributed by atoms with Crippen molar-refractivity contribution in [2.24, 2.45) is 10.2 Å². The van der Waals surface area contributed by atoms with Gasteiger partial charge in [0, 0.05) is 0 Å². The molecule has 1 aliphatic heterocycles. The molecule has 2 heteroatoms. The lowest BCUT2D eigenvalue weighted by Crippen LogP contribution is -2.00. The molecule has 1 unspecified atom stereocenters. The first-order valence-electron chi connectivity index (χ1n) is 4.30. The summed E-state index contributed by atoms with van der Waals surface area (Å²) in [5, 5.41) is 8.23. The van der Waals surface area contributed by atoms with Crippen LogP contribution in [-0.4, -0.2) is 6.54 Å². The van der Waals surface area contributed by atoms with Gasteiger partial charge in [0.2, 0.25) is 0 Å². The molecule has 0 N–H and O–H groups in total. The summed E-state index contributed by atoms with van der Waals surface area (Å²) in [7, 11) is 0. The molecule has 0 saturated carbocycles. The van der Waals surface area contributed by atoms with Crippen LogP contribution in [0.1, 0.15) is 24.4 Å². The highest BCUT2D eigenvalue weighted by Crippen LogP contribution is 2.25. The standard InChI is InChI=1S/C10H11N2/c1-2-5-9(6-3-1)10-7-4-8-11-12-10/h1-3,5,10H,4,7-8H2. The largest absolute Gasteiger partial charge is 0.194 e. The van der Waals surface area contributed by atoms with Crippen LogP contribution in [-0.2, 0) is 0 Å². The normalized spacial score (nSPS) is 22.5. The molecule has 2 nitrogen and oxygen atoms in total. The van der Waals surface area contributed by atoms with Crippen LogP contribution in [0.25, 0.3) is 0 Å². The second-order valence-corrected chi connectivity index (χ2v) is 2.96. The highest BCUT2D eigenvalue weighted by atomic mass is 15.1. The lowest BCUT2D eigenvalue weighted by molar-refractivity contribution is 0.530. The van der Waals surface area contributed by atoms with Crippen LogP contribution in [0, 0.1) is 6.07 Å². The van der Waals surface area contributed by atoms with Gasteiger partial charge < -0.3 is 0 Å². The van der Waals surface area contributed by atoms with Gasteiger partial charge in [-0.15, -0.1) is 0 Å². The summed E-state index contributed by atoms with van der Waals surface area (Å²) < 4.78 is 0. The molecule has 0 amide bonds. The van der Waals surface area contributed by atoms with E-state index in [1.165, 1.54) is 5.56 Å². The Hall–Kier alpha value is -1.18. The molecule has 12 heavy (non-hydrogen) atoms. The van der Waals surface area contributed by atoms with E-state index in [1.807, 2.05) is 18.2 Å². The van der Waals surface area contributed by atoms with Crippen LogP contribution in [0.5, 0.6) is 0 Å². The predicted octanol–water partition coefficient (Wildman–Crippen LogP) is 2.77. The highest BCUT2D eigenvalue weighted by Gasteiger charge is 2.12. The maximum Gasteiger partial charge on any atom is 0.0964 e. The Morgan fingerprint density at radius 3 is 3.08 bits per heavy atom. The Morgan fingerprint density at radius 1 is 1.42 bits per heavy atom. The van der Waals surface area contributed by atoms with Crippen molar-refractivity contribution >= 4 is 0 Å². The molecule has 0 bridgehead atoms. The van der Waals surface area contributed by atoms with E-state index in [0.717, 1.165) is 19.4 Å². The second-order valence-electron chi connectivity index (χ2n) is 2.96. The first-order valence-corrected chi connectivity index (χ1v) is 4.30. The minimum absolute atomic E-state index is 0.264. The second kappa shape index (κ2) is 3.48. The third-order valence-corrected chi connectivity index (χ3v) is 2.05. The SMILES string of the molecule is [c]1ccccc1C1CCCN=N1. The Labute approximate surface area is 72.3 Å². The Kier molecular flexibility index (Phi) is 2.16. The third kappa shape index (κ3) is 1.52. The molecule has 2 rings (SSSR count). The maximum atomic E-state index is 4.19. The summed E-state index contributed by atoms with van der Waals surface area (Å²) >= 11 is 0. The summed E-state index contributed by atoms with van der Waals surface area (Å²) in [5.41, 5.74) is 1.17. The number of hydrogen-bond donors (Lipinski definition) is 0. The zero-order valence-electron chi connectivity index (χ0n) is 6.90. The van der Waals surface area contributed by atoms with Crippen LogP contribution in [0.2, 0.25) is 0 Å². The van der Waals surface area contributed by atoms with Crippen LogP contribution < -0.4 is 0 Å². The van der Waals surface area contributed by atoms with Gasteiger partial charge in [-0.1, -0.05) is 24.3 Å². The number of rotatable bonds is 1.